The summed E-state index contributed by atoms with van der Waals surface area (Å²) in [6.45, 7) is 6.46. The molecule has 160 valence electrons. The highest BCUT2D eigenvalue weighted by Gasteiger charge is 2.20. The number of carbonyl (C=O) groups excluding carboxylic acids is 1. The van der Waals surface area contributed by atoms with Gasteiger partial charge in [0.2, 0.25) is 5.91 Å². The number of hydrogen-bond donors (Lipinski definition) is 2. The maximum Gasteiger partial charge on any atom is 0.244 e. The first-order valence-electron chi connectivity index (χ1n) is 10.5. The summed E-state index contributed by atoms with van der Waals surface area (Å²) in [4.78, 5) is 21.2. The van der Waals surface area contributed by atoms with Gasteiger partial charge in [0.25, 0.3) is 0 Å². The van der Waals surface area contributed by atoms with Gasteiger partial charge in [0, 0.05) is 45.0 Å². The van der Waals surface area contributed by atoms with Gasteiger partial charge in [-0.1, -0.05) is 30.3 Å². The zero-order valence-corrected chi connectivity index (χ0v) is 17.5. The Morgan fingerprint density at radius 1 is 1.03 bits per heavy atom. The Bertz CT molecular complexity index is 834. The van der Waals surface area contributed by atoms with Gasteiger partial charge in [-0.25, -0.2) is 9.38 Å². The minimum atomic E-state index is -0.231. The summed E-state index contributed by atoms with van der Waals surface area (Å²) in [5, 5.41) is 6.37. The Morgan fingerprint density at radius 2 is 1.80 bits per heavy atom. The molecule has 0 saturated carbocycles. The summed E-state index contributed by atoms with van der Waals surface area (Å²) in [7, 11) is 0. The monoisotopic (exact) mass is 411 g/mol. The Morgan fingerprint density at radius 3 is 2.50 bits per heavy atom. The van der Waals surface area contributed by atoms with Crippen LogP contribution < -0.4 is 15.5 Å². The molecule has 30 heavy (non-hydrogen) atoms. The van der Waals surface area contributed by atoms with E-state index in [0.717, 1.165) is 18.7 Å². The third-order valence-electron chi connectivity index (χ3n) is 5.07. The van der Waals surface area contributed by atoms with Crippen molar-refractivity contribution < 1.29 is 9.18 Å². The van der Waals surface area contributed by atoms with Gasteiger partial charge in [-0.05, 0) is 43.2 Å². The van der Waals surface area contributed by atoms with E-state index in [-0.39, 0.29) is 18.3 Å². The molecule has 2 N–H and O–H groups in total. The summed E-state index contributed by atoms with van der Waals surface area (Å²) in [6.07, 6.45) is 0.678. The number of benzene rings is 2. The predicted octanol–water partition coefficient (Wildman–Crippen LogP) is 2.27. The van der Waals surface area contributed by atoms with Gasteiger partial charge in [0.1, 0.15) is 12.4 Å². The number of rotatable bonds is 7. The van der Waals surface area contributed by atoms with E-state index < -0.39 is 0 Å². The number of anilines is 1. The highest BCUT2D eigenvalue weighted by molar-refractivity contribution is 5.85. The van der Waals surface area contributed by atoms with Crippen molar-refractivity contribution in [3.05, 3.63) is 66.0 Å². The second-order valence-corrected chi connectivity index (χ2v) is 7.21. The first-order valence-corrected chi connectivity index (χ1v) is 10.5. The second kappa shape index (κ2) is 11.2. The number of nitrogens with zero attached hydrogens (tertiary/aromatic N) is 3. The number of nitrogens with one attached hydrogen (secondary N) is 2. The van der Waals surface area contributed by atoms with Crippen LogP contribution in [0.5, 0.6) is 0 Å². The molecule has 6 nitrogen and oxygen atoms in total. The molecule has 0 atom stereocenters. The average molecular weight is 412 g/mol. The fourth-order valence-corrected chi connectivity index (χ4v) is 3.46. The smallest absolute Gasteiger partial charge is 0.244 e. The standard InChI is InChI=1S/C23H30FN5O/c1-2-25-23(26-12-11-19-7-6-8-20(24)17-19)27-18-22(30)29-15-13-28(14-16-29)21-9-4-3-5-10-21/h3-10,17H,2,11-16,18H2,1H3,(H2,25,26,27). The summed E-state index contributed by atoms with van der Waals surface area (Å²) in [5.74, 6) is 0.404. The second-order valence-electron chi connectivity index (χ2n) is 7.21. The molecule has 1 saturated heterocycles. The van der Waals surface area contributed by atoms with E-state index in [1.807, 2.05) is 36.1 Å². The van der Waals surface area contributed by atoms with Gasteiger partial charge in [-0.15, -0.1) is 0 Å². The number of amides is 1. The fourth-order valence-electron chi connectivity index (χ4n) is 3.46. The van der Waals surface area contributed by atoms with Crippen molar-refractivity contribution in [1.29, 1.82) is 0 Å². The third-order valence-corrected chi connectivity index (χ3v) is 5.07. The normalized spacial score (nSPS) is 14.5. The lowest BCUT2D eigenvalue weighted by Crippen LogP contribution is -2.49. The molecule has 0 unspecified atom stereocenters. The summed E-state index contributed by atoms with van der Waals surface area (Å²) in [6, 6.07) is 16.8. The third kappa shape index (κ3) is 6.47. The molecule has 3 rings (SSSR count). The number of carbonyl (C=O) groups is 1. The number of hydrogen-bond acceptors (Lipinski definition) is 3. The van der Waals surface area contributed by atoms with E-state index in [4.69, 9.17) is 0 Å². The summed E-state index contributed by atoms with van der Waals surface area (Å²) in [5.41, 5.74) is 2.12. The van der Waals surface area contributed by atoms with Crippen molar-refractivity contribution >= 4 is 17.6 Å². The minimum Gasteiger partial charge on any atom is -0.368 e. The highest BCUT2D eigenvalue weighted by Crippen LogP contribution is 2.15. The lowest BCUT2D eigenvalue weighted by atomic mass is 10.1. The SMILES string of the molecule is CCNC(=NCC(=O)N1CCN(c2ccccc2)CC1)NCCc1cccc(F)c1. The zero-order valence-electron chi connectivity index (χ0n) is 17.5. The molecule has 1 fully saturated rings. The number of aliphatic imine (C=N–C) groups is 1. The topological polar surface area (TPSA) is 60.0 Å². The minimum absolute atomic E-state index is 0.0324. The molecule has 0 spiro atoms. The van der Waals surface area contributed by atoms with Crippen molar-refractivity contribution in [3.63, 3.8) is 0 Å². The Kier molecular flexibility index (Phi) is 8.06. The predicted molar refractivity (Wildman–Crippen MR) is 119 cm³/mol. The quantitative estimate of drug-likeness (QED) is 0.542. The van der Waals surface area contributed by atoms with Crippen LogP contribution in [0, 0.1) is 5.82 Å². The molecule has 1 amide bonds. The van der Waals surface area contributed by atoms with Crippen LogP contribution in [0.4, 0.5) is 10.1 Å². The van der Waals surface area contributed by atoms with Gasteiger partial charge in [0.05, 0.1) is 0 Å². The van der Waals surface area contributed by atoms with Gasteiger partial charge < -0.3 is 20.4 Å². The van der Waals surface area contributed by atoms with E-state index in [1.54, 1.807) is 6.07 Å². The maximum atomic E-state index is 13.3. The molecule has 2 aromatic carbocycles. The van der Waals surface area contributed by atoms with Gasteiger partial charge >= 0.3 is 0 Å². The molecule has 1 aliphatic heterocycles. The molecule has 1 aliphatic rings. The van der Waals surface area contributed by atoms with Crippen molar-refractivity contribution in [2.45, 2.75) is 13.3 Å². The van der Waals surface area contributed by atoms with E-state index >= 15 is 0 Å². The van der Waals surface area contributed by atoms with Crippen LogP contribution in [0.1, 0.15) is 12.5 Å². The molecule has 0 aliphatic carbocycles. The highest BCUT2D eigenvalue weighted by atomic mass is 19.1. The van der Waals surface area contributed by atoms with Crippen LogP contribution in [0.25, 0.3) is 0 Å². The first kappa shape index (κ1) is 21.6. The first-order chi connectivity index (χ1) is 14.7. The number of guanidine groups is 1. The molecule has 0 bridgehead atoms. The van der Waals surface area contributed by atoms with Crippen molar-refractivity contribution in [1.82, 2.24) is 15.5 Å². The van der Waals surface area contributed by atoms with E-state index in [2.05, 4.69) is 32.7 Å². The maximum absolute atomic E-state index is 13.3. The Balaban J connectivity index is 1.45. The largest absolute Gasteiger partial charge is 0.368 e. The molecule has 2 aromatic rings. The van der Waals surface area contributed by atoms with Crippen LogP contribution in [-0.4, -0.2) is 62.6 Å². The van der Waals surface area contributed by atoms with Crippen molar-refractivity contribution in [2.24, 2.45) is 4.99 Å². The lowest BCUT2D eigenvalue weighted by Gasteiger charge is -2.36. The van der Waals surface area contributed by atoms with Gasteiger partial charge in [-0.2, -0.15) is 0 Å². The van der Waals surface area contributed by atoms with Crippen LogP contribution in [0.15, 0.2) is 59.6 Å². The fraction of sp³-hybridized carbons (Fsp3) is 0.391. The van der Waals surface area contributed by atoms with Crippen LogP contribution in [0.3, 0.4) is 0 Å². The molecular formula is C23H30FN5O. The average Bonchev–Trinajstić information content (AvgIpc) is 2.78. The van der Waals surface area contributed by atoms with Crippen molar-refractivity contribution in [2.75, 3.05) is 50.7 Å². The van der Waals surface area contributed by atoms with Gasteiger partial charge in [-0.3, -0.25) is 4.79 Å². The zero-order chi connectivity index (χ0) is 21.2. The van der Waals surface area contributed by atoms with Crippen LogP contribution in [-0.2, 0) is 11.2 Å². The lowest BCUT2D eigenvalue weighted by molar-refractivity contribution is -0.129. The number of piperazine rings is 1. The molecule has 0 radical (unpaired) electrons. The number of para-hydroxylation sites is 1. The molecular weight excluding hydrogens is 381 g/mol. The Hall–Kier alpha value is -3.09. The molecule has 0 aromatic heterocycles. The summed E-state index contributed by atoms with van der Waals surface area (Å²) < 4.78 is 13.3. The van der Waals surface area contributed by atoms with Gasteiger partial charge in [0.15, 0.2) is 5.96 Å². The Labute approximate surface area is 177 Å². The van der Waals surface area contributed by atoms with Crippen molar-refractivity contribution in [3.8, 4) is 0 Å². The summed E-state index contributed by atoms with van der Waals surface area (Å²) >= 11 is 0. The van der Waals surface area contributed by atoms with E-state index in [0.29, 0.717) is 38.6 Å². The van der Waals surface area contributed by atoms with E-state index in [1.165, 1.54) is 17.8 Å². The molecule has 1 heterocycles. The van der Waals surface area contributed by atoms with Crippen LogP contribution >= 0.6 is 0 Å². The molecule has 7 heteroatoms. The van der Waals surface area contributed by atoms with E-state index in [9.17, 15) is 9.18 Å². The van der Waals surface area contributed by atoms with Crippen LogP contribution in [0.2, 0.25) is 0 Å². The number of halogens is 1.